The van der Waals surface area contributed by atoms with Crippen molar-refractivity contribution in [1.82, 2.24) is 19.2 Å². The highest BCUT2D eigenvalue weighted by Gasteiger charge is 2.45. The number of aryl methyl sites for hydroxylation is 1. The fourth-order valence-corrected chi connectivity index (χ4v) is 5.23. The molecule has 1 N–H and O–H groups in total. The highest BCUT2D eigenvalue weighted by molar-refractivity contribution is 7.89. The van der Waals surface area contributed by atoms with Gasteiger partial charge in [-0.25, -0.2) is 17.8 Å². The average molecular weight is 450 g/mol. The number of piperidine rings is 1. The van der Waals surface area contributed by atoms with Crippen LogP contribution >= 0.6 is 0 Å². The topological polar surface area (TPSA) is 106 Å². The van der Waals surface area contributed by atoms with Gasteiger partial charge in [-0.3, -0.25) is 4.79 Å². The van der Waals surface area contributed by atoms with Crippen molar-refractivity contribution in [2.24, 2.45) is 5.16 Å². The van der Waals surface area contributed by atoms with Crippen molar-refractivity contribution in [3.05, 3.63) is 48.8 Å². The first kappa shape index (κ1) is 21.4. The lowest BCUT2D eigenvalue weighted by Crippen LogP contribution is -2.47. The maximum absolute atomic E-state index is 13.1. The summed E-state index contributed by atoms with van der Waals surface area (Å²) >= 11 is 0. The van der Waals surface area contributed by atoms with E-state index >= 15 is 0 Å². The number of halogens is 1. The molecule has 3 heterocycles. The zero-order valence-corrected chi connectivity index (χ0v) is 17.7. The highest BCUT2D eigenvalue weighted by atomic mass is 32.2. The Morgan fingerprint density at radius 1 is 1.23 bits per heavy atom. The van der Waals surface area contributed by atoms with Gasteiger partial charge in [0.05, 0.1) is 11.2 Å². The van der Waals surface area contributed by atoms with Crippen LogP contribution in [0.15, 0.2) is 53.0 Å². The van der Waals surface area contributed by atoms with E-state index < -0.39 is 21.4 Å². The molecule has 2 aliphatic heterocycles. The van der Waals surface area contributed by atoms with Crippen molar-refractivity contribution >= 4 is 21.6 Å². The van der Waals surface area contributed by atoms with Crippen LogP contribution in [0.1, 0.15) is 25.7 Å². The molecule has 4 rings (SSSR count). The lowest BCUT2D eigenvalue weighted by molar-refractivity contribution is -0.114. The molecule has 0 unspecified atom stereocenters. The number of amides is 1. The van der Waals surface area contributed by atoms with Crippen molar-refractivity contribution in [1.29, 1.82) is 0 Å². The summed E-state index contributed by atoms with van der Waals surface area (Å²) in [7, 11) is -3.70. The van der Waals surface area contributed by atoms with Crippen LogP contribution in [0.3, 0.4) is 0 Å². The molecule has 1 spiro atoms. The molecule has 1 fully saturated rings. The predicted octanol–water partition coefficient (Wildman–Crippen LogP) is 1.53. The maximum atomic E-state index is 13.1. The third kappa shape index (κ3) is 4.77. The highest BCUT2D eigenvalue weighted by Crippen LogP contribution is 2.36. The number of benzene rings is 1. The molecule has 2 aliphatic rings. The van der Waals surface area contributed by atoms with Crippen LogP contribution in [0, 0.1) is 5.82 Å². The summed E-state index contributed by atoms with van der Waals surface area (Å²) in [5.41, 5.74) is -0.323. The number of imidazole rings is 1. The summed E-state index contributed by atoms with van der Waals surface area (Å²) in [5, 5.41) is 6.82. The van der Waals surface area contributed by atoms with Crippen LogP contribution in [0.4, 0.5) is 4.39 Å². The molecule has 1 aromatic heterocycles. The van der Waals surface area contributed by atoms with Gasteiger partial charge in [0.25, 0.3) is 5.91 Å². The van der Waals surface area contributed by atoms with E-state index in [1.54, 1.807) is 12.5 Å². The molecule has 0 aliphatic carbocycles. The van der Waals surface area contributed by atoms with Gasteiger partial charge < -0.3 is 14.7 Å². The Balaban J connectivity index is 1.26. The number of rotatable bonds is 7. The zero-order valence-electron chi connectivity index (χ0n) is 16.9. The Morgan fingerprint density at radius 3 is 2.65 bits per heavy atom. The molecule has 0 saturated carbocycles. The van der Waals surface area contributed by atoms with E-state index in [9.17, 15) is 17.6 Å². The number of nitrogens with zero attached hydrogens (tertiary/aromatic N) is 4. The van der Waals surface area contributed by atoms with E-state index in [0.717, 1.165) is 25.1 Å². The minimum absolute atomic E-state index is 0.0594. The van der Waals surface area contributed by atoms with Crippen molar-refractivity contribution in [3.8, 4) is 0 Å². The van der Waals surface area contributed by atoms with E-state index in [-0.39, 0.29) is 23.9 Å². The first-order valence-corrected chi connectivity index (χ1v) is 11.6. The third-order valence-corrected chi connectivity index (χ3v) is 7.54. The van der Waals surface area contributed by atoms with Crippen molar-refractivity contribution in [3.63, 3.8) is 0 Å². The monoisotopic (exact) mass is 449 g/mol. The molecule has 1 saturated heterocycles. The fourth-order valence-electron chi connectivity index (χ4n) is 3.79. The molecule has 2 aromatic rings. The summed E-state index contributed by atoms with van der Waals surface area (Å²) in [6, 6.07) is 4.79. The van der Waals surface area contributed by atoms with Crippen molar-refractivity contribution in [2.75, 3.05) is 19.6 Å². The number of oxime groups is 1. The van der Waals surface area contributed by atoms with Gasteiger partial charge in [-0.05, 0) is 30.7 Å². The van der Waals surface area contributed by atoms with E-state index in [1.165, 1.54) is 16.4 Å². The first-order chi connectivity index (χ1) is 14.9. The summed E-state index contributed by atoms with van der Waals surface area (Å²) in [6.07, 6.45) is 7.26. The smallest absolute Gasteiger partial charge is 0.269 e. The van der Waals surface area contributed by atoms with Crippen LogP contribution in [-0.4, -0.2) is 59.1 Å². The molecule has 9 nitrogen and oxygen atoms in total. The Morgan fingerprint density at radius 2 is 1.97 bits per heavy atom. The number of carbonyl (C=O) groups excluding carboxylic acids is 1. The van der Waals surface area contributed by atoms with Gasteiger partial charge in [-0.2, -0.15) is 4.31 Å². The predicted molar refractivity (Wildman–Crippen MR) is 110 cm³/mol. The van der Waals surface area contributed by atoms with Crippen LogP contribution in [0.25, 0.3) is 0 Å². The average Bonchev–Trinajstić information content (AvgIpc) is 3.42. The van der Waals surface area contributed by atoms with Gasteiger partial charge in [0.15, 0.2) is 0 Å². The van der Waals surface area contributed by atoms with Crippen molar-refractivity contribution in [2.45, 2.75) is 42.7 Å². The Hall–Kier alpha value is -2.79. The Labute approximate surface area is 179 Å². The van der Waals surface area contributed by atoms with E-state index in [4.69, 9.17) is 4.84 Å². The van der Waals surface area contributed by atoms with Crippen molar-refractivity contribution < 1.29 is 22.4 Å². The lowest BCUT2D eigenvalue weighted by Gasteiger charge is -2.36. The minimum Gasteiger partial charge on any atom is -0.388 e. The summed E-state index contributed by atoms with van der Waals surface area (Å²) in [5.74, 6) is -0.746. The molecule has 0 bridgehead atoms. The van der Waals surface area contributed by atoms with Gasteiger partial charge >= 0.3 is 0 Å². The van der Waals surface area contributed by atoms with E-state index in [0.29, 0.717) is 31.5 Å². The molecule has 0 radical (unpaired) electrons. The molecule has 11 heteroatoms. The number of sulfonamides is 1. The summed E-state index contributed by atoms with van der Waals surface area (Å²) < 4.78 is 41.9. The van der Waals surface area contributed by atoms with Crippen LogP contribution in [0.2, 0.25) is 0 Å². The second-order valence-electron chi connectivity index (χ2n) is 7.76. The molecule has 166 valence electrons. The molecular formula is C20H24FN5O4S. The second kappa shape index (κ2) is 8.75. The van der Waals surface area contributed by atoms with Crippen LogP contribution < -0.4 is 5.32 Å². The Bertz CT molecular complexity index is 1050. The molecular weight excluding hydrogens is 425 g/mol. The minimum atomic E-state index is -3.70. The van der Waals surface area contributed by atoms with Crippen LogP contribution in [0.5, 0.6) is 0 Å². The largest absolute Gasteiger partial charge is 0.388 e. The quantitative estimate of drug-likeness (QED) is 0.646. The molecule has 31 heavy (non-hydrogen) atoms. The maximum Gasteiger partial charge on any atom is 0.269 e. The number of hydrogen-bond donors (Lipinski definition) is 1. The van der Waals surface area contributed by atoms with E-state index in [1.807, 2.05) is 10.8 Å². The zero-order chi connectivity index (χ0) is 21.9. The summed E-state index contributed by atoms with van der Waals surface area (Å²) in [4.78, 5) is 22.0. The SMILES string of the molecule is O=C(NCCCn1ccnc1)C1=NOC2(CCN(S(=O)(=O)c3ccc(F)cc3)CC2)C1. The molecule has 1 aromatic carbocycles. The van der Waals surface area contributed by atoms with Gasteiger partial charge in [0.2, 0.25) is 10.0 Å². The number of aromatic nitrogens is 2. The van der Waals surface area contributed by atoms with Gasteiger partial charge in [-0.15, -0.1) is 0 Å². The van der Waals surface area contributed by atoms with Crippen LogP contribution in [-0.2, 0) is 26.2 Å². The first-order valence-electron chi connectivity index (χ1n) is 10.1. The summed E-state index contributed by atoms with van der Waals surface area (Å²) in [6.45, 7) is 1.75. The van der Waals surface area contributed by atoms with Gasteiger partial charge in [0, 0.05) is 57.8 Å². The fraction of sp³-hybridized carbons (Fsp3) is 0.450. The number of hydrogen-bond acceptors (Lipinski definition) is 6. The third-order valence-electron chi connectivity index (χ3n) is 5.62. The normalized spacial score (nSPS) is 18.5. The molecule has 0 atom stereocenters. The van der Waals surface area contributed by atoms with Gasteiger partial charge in [0.1, 0.15) is 17.1 Å². The number of nitrogens with one attached hydrogen (secondary N) is 1. The molecule has 1 amide bonds. The Kier molecular flexibility index (Phi) is 6.05. The van der Waals surface area contributed by atoms with E-state index in [2.05, 4.69) is 15.5 Å². The second-order valence-corrected chi connectivity index (χ2v) is 9.69. The lowest BCUT2D eigenvalue weighted by atomic mass is 9.87. The number of carbonyl (C=O) groups is 1. The van der Waals surface area contributed by atoms with Gasteiger partial charge in [-0.1, -0.05) is 5.16 Å². The standard InChI is InChI=1S/C20H24FN5O4S/c21-16-2-4-17(5-3-16)31(28,29)26-11-6-20(7-12-26)14-18(24-30-20)19(27)23-8-1-10-25-13-9-22-15-25/h2-5,9,13,15H,1,6-8,10-12,14H2,(H,23,27).